The SMILES string of the molecule is Cc1ccc(O[C@H]2COCC[C@H]2NC(=O)c2ncoc2C)cn1. The van der Waals surface area contributed by atoms with Gasteiger partial charge in [-0.05, 0) is 32.4 Å². The Kier molecular flexibility index (Phi) is 4.57. The molecule has 1 saturated heterocycles. The third-order valence-corrected chi connectivity index (χ3v) is 3.75. The minimum Gasteiger partial charge on any atom is -0.484 e. The Balaban J connectivity index is 1.67. The molecule has 2 atom stereocenters. The lowest BCUT2D eigenvalue weighted by Crippen LogP contribution is -2.51. The standard InChI is InChI=1S/C16H19N3O4/c1-10-3-4-12(7-17-10)23-14-8-21-6-5-13(14)19-16(20)15-11(2)22-9-18-15/h3-4,7,9,13-14H,5-6,8H2,1-2H3,(H,19,20)/t13-,14+/m1/s1. The van der Waals surface area contributed by atoms with E-state index in [1.54, 1.807) is 13.1 Å². The molecule has 0 radical (unpaired) electrons. The van der Waals surface area contributed by atoms with Gasteiger partial charge in [-0.15, -0.1) is 0 Å². The largest absolute Gasteiger partial charge is 0.484 e. The molecule has 1 aliphatic rings. The Morgan fingerprint density at radius 3 is 2.91 bits per heavy atom. The second-order valence-corrected chi connectivity index (χ2v) is 5.49. The van der Waals surface area contributed by atoms with Gasteiger partial charge in [-0.1, -0.05) is 0 Å². The number of aromatic nitrogens is 2. The fourth-order valence-electron chi connectivity index (χ4n) is 2.45. The average Bonchev–Trinajstić information content (AvgIpc) is 2.97. The summed E-state index contributed by atoms with van der Waals surface area (Å²) in [5.41, 5.74) is 1.22. The molecule has 23 heavy (non-hydrogen) atoms. The van der Waals surface area contributed by atoms with Crippen LogP contribution in [0, 0.1) is 13.8 Å². The summed E-state index contributed by atoms with van der Waals surface area (Å²) in [5, 5.41) is 2.96. The zero-order chi connectivity index (χ0) is 16.2. The zero-order valence-corrected chi connectivity index (χ0v) is 13.1. The van der Waals surface area contributed by atoms with Crippen molar-refractivity contribution in [1.29, 1.82) is 0 Å². The predicted octanol–water partition coefficient (Wildman–Crippen LogP) is 1.65. The van der Waals surface area contributed by atoms with Gasteiger partial charge in [-0.2, -0.15) is 0 Å². The topological polar surface area (TPSA) is 86.5 Å². The van der Waals surface area contributed by atoms with Crippen LogP contribution in [0.5, 0.6) is 5.75 Å². The second kappa shape index (κ2) is 6.78. The Morgan fingerprint density at radius 2 is 2.22 bits per heavy atom. The fourth-order valence-corrected chi connectivity index (χ4v) is 2.45. The van der Waals surface area contributed by atoms with Gasteiger partial charge in [0.1, 0.15) is 17.6 Å². The van der Waals surface area contributed by atoms with Crippen molar-refractivity contribution in [1.82, 2.24) is 15.3 Å². The van der Waals surface area contributed by atoms with Crippen molar-refractivity contribution in [2.75, 3.05) is 13.2 Å². The molecular weight excluding hydrogens is 298 g/mol. The zero-order valence-electron chi connectivity index (χ0n) is 13.1. The van der Waals surface area contributed by atoms with Crippen molar-refractivity contribution >= 4 is 5.91 Å². The third kappa shape index (κ3) is 3.68. The molecule has 0 saturated carbocycles. The van der Waals surface area contributed by atoms with Crippen LogP contribution in [0.1, 0.15) is 28.4 Å². The maximum absolute atomic E-state index is 12.3. The Labute approximate surface area is 134 Å². The summed E-state index contributed by atoms with van der Waals surface area (Å²) in [7, 11) is 0. The number of carbonyl (C=O) groups excluding carboxylic acids is 1. The number of nitrogens with zero attached hydrogens (tertiary/aromatic N) is 2. The molecule has 122 valence electrons. The molecule has 0 unspecified atom stereocenters. The first kappa shape index (κ1) is 15.5. The lowest BCUT2D eigenvalue weighted by Gasteiger charge is -2.32. The number of nitrogens with one attached hydrogen (secondary N) is 1. The summed E-state index contributed by atoms with van der Waals surface area (Å²) in [5.74, 6) is 0.886. The summed E-state index contributed by atoms with van der Waals surface area (Å²) < 4.78 is 16.5. The Hall–Kier alpha value is -2.41. The van der Waals surface area contributed by atoms with Gasteiger partial charge < -0.3 is 19.2 Å². The molecule has 1 N–H and O–H groups in total. The van der Waals surface area contributed by atoms with Crippen molar-refractivity contribution in [3.8, 4) is 5.75 Å². The Bertz CT molecular complexity index is 668. The molecule has 2 aromatic heterocycles. The first-order valence-electron chi connectivity index (χ1n) is 7.51. The van der Waals surface area contributed by atoms with Gasteiger partial charge in [-0.3, -0.25) is 9.78 Å². The molecule has 0 spiro atoms. The lowest BCUT2D eigenvalue weighted by molar-refractivity contribution is -0.0137. The highest BCUT2D eigenvalue weighted by Gasteiger charge is 2.30. The van der Waals surface area contributed by atoms with E-state index in [2.05, 4.69) is 15.3 Å². The summed E-state index contributed by atoms with van der Waals surface area (Å²) >= 11 is 0. The van der Waals surface area contributed by atoms with Gasteiger partial charge in [-0.25, -0.2) is 4.98 Å². The van der Waals surface area contributed by atoms with Crippen LogP contribution >= 0.6 is 0 Å². The van der Waals surface area contributed by atoms with Gasteiger partial charge in [0, 0.05) is 12.3 Å². The second-order valence-electron chi connectivity index (χ2n) is 5.49. The van der Waals surface area contributed by atoms with Crippen LogP contribution in [0.25, 0.3) is 0 Å². The van der Waals surface area contributed by atoms with Crippen molar-refractivity contribution in [2.45, 2.75) is 32.4 Å². The number of oxazole rings is 1. The number of hydrogen-bond acceptors (Lipinski definition) is 6. The minimum atomic E-state index is -0.274. The molecule has 1 aliphatic heterocycles. The van der Waals surface area contributed by atoms with Crippen LogP contribution in [-0.4, -0.2) is 41.2 Å². The number of pyridine rings is 1. The van der Waals surface area contributed by atoms with Crippen LogP contribution in [0.3, 0.4) is 0 Å². The van der Waals surface area contributed by atoms with E-state index in [9.17, 15) is 4.79 Å². The average molecular weight is 317 g/mol. The molecule has 1 fully saturated rings. The molecule has 1 amide bonds. The van der Waals surface area contributed by atoms with Crippen molar-refractivity contribution in [3.05, 3.63) is 41.9 Å². The highest BCUT2D eigenvalue weighted by Crippen LogP contribution is 2.18. The summed E-state index contributed by atoms with van der Waals surface area (Å²) in [4.78, 5) is 20.4. The molecule has 3 heterocycles. The van der Waals surface area contributed by atoms with Crippen molar-refractivity contribution < 1.29 is 18.7 Å². The summed E-state index contributed by atoms with van der Waals surface area (Å²) in [6.45, 7) is 4.61. The van der Waals surface area contributed by atoms with E-state index in [1.165, 1.54) is 6.39 Å². The van der Waals surface area contributed by atoms with E-state index in [0.717, 1.165) is 5.69 Å². The van der Waals surface area contributed by atoms with Gasteiger partial charge in [0.15, 0.2) is 12.1 Å². The van der Waals surface area contributed by atoms with Crippen LogP contribution in [0.4, 0.5) is 0 Å². The lowest BCUT2D eigenvalue weighted by atomic mass is 10.1. The van der Waals surface area contributed by atoms with E-state index in [-0.39, 0.29) is 18.1 Å². The first-order chi connectivity index (χ1) is 11.1. The third-order valence-electron chi connectivity index (χ3n) is 3.75. The molecule has 7 nitrogen and oxygen atoms in total. The summed E-state index contributed by atoms with van der Waals surface area (Å²) in [6, 6.07) is 3.58. The van der Waals surface area contributed by atoms with E-state index in [0.29, 0.717) is 36.8 Å². The van der Waals surface area contributed by atoms with Crippen molar-refractivity contribution in [2.24, 2.45) is 0 Å². The highest BCUT2D eigenvalue weighted by atomic mass is 16.5. The van der Waals surface area contributed by atoms with Crippen molar-refractivity contribution in [3.63, 3.8) is 0 Å². The monoisotopic (exact) mass is 317 g/mol. The van der Waals surface area contributed by atoms with E-state index in [4.69, 9.17) is 13.9 Å². The van der Waals surface area contributed by atoms with E-state index < -0.39 is 0 Å². The smallest absolute Gasteiger partial charge is 0.273 e. The maximum Gasteiger partial charge on any atom is 0.273 e. The number of aryl methyl sites for hydroxylation is 2. The minimum absolute atomic E-state index is 0.159. The molecule has 0 aromatic carbocycles. The van der Waals surface area contributed by atoms with Gasteiger partial charge in [0.25, 0.3) is 5.91 Å². The van der Waals surface area contributed by atoms with Gasteiger partial charge >= 0.3 is 0 Å². The van der Waals surface area contributed by atoms with Crippen LogP contribution in [-0.2, 0) is 4.74 Å². The molecular formula is C16H19N3O4. The number of hydrogen-bond donors (Lipinski definition) is 1. The van der Waals surface area contributed by atoms with E-state index in [1.807, 2.05) is 19.1 Å². The quantitative estimate of drug-likeness (QED) is 0.923. The fraction of sp³-hybridized carbons (Fsp3) is 0.438. The number of amides is 1. The molecule has 2 aromatic rings. The van der Waals surface area contributed by atoms with Gasteiger partial charge in [0.05, 0.1) is 18.8 Å². The predicted molar refractivity (Wildman–Crippen MR) is 81.3 cm³/mol. The number of rotatable bonds is 4. The van der Waals surface area contributed by atoms with Crippen LogP contribution in [0.15, 0.2) is 29.1 Å². The Morgan fingerprint density at radius 1 is 1.35 bits per heavy atom. The number of carbonyl (C=O) groups is 1. The van der Waals surface area contributed by atoms with Crippen LogP contribution < -0.4 is 10.1 Å². The maximum atomic E-state index is 12.3. The first-order valence-corrected chi connectivity index (χ1v) is 7.51. The van der Waals surface area contributed by atoms with Crippen LogP contribution in [0.2, 0.25) is 0 Å². The molecule has 0 aliphatic carbocycles. The number of ether oxygens (including phenoxy) is 2. The summed E-state index contributed by atoms with van der Waals surface area (Å²) in [6.07, 6.45) is 3.33. The van der Waals surface area contributed by atoms with Gasteiger partial charge in [0.2, 0.25) is 0 Å². The normalized spacial score (nSPS) is 21.0. The molecule has 0 bridgehead atoms. The molecule has 3 rings (SSSR count). The molecule has 7 heteroatoms. The van der Waals surface area contributed by atoms with E-state index >= 15 is 0 Å². The highest BCUT2D eigenvalue weighted by molar-refractivity contribution is 5.93.